The Balaban J connectivity index is 1.54. The highest BCUT2D eigenvalue weighted by Crippen LogP contribution is 2.36. The predicted molar refractivity (Wildman–Crippen MR) is 138 cm³/mol. The van der Waals surface area contributed by atoms with Gasteiger partial charge in [-0.15, -0.1) is 0 Å². The zero-order valence-electron chi connectivity index (χ0n) is 21.5. The summed E-state index contributed by atoms with van der Waals surface area (Å²) in [7, 11) is 1.62. The summed E-state index contributed by atoms with van der Waals surface area (Å²) in [6, 6.07) is 15.1. The Hall–Kier alpha value is -3.48. The number of para-hydroxylation sites is 1. The molecule has 36 heavy (non-hydrogen) atoms. The lowest BCUT2D eigenvalue weighted by Crippen LogP contribution is -2.65. The largest absolute Gasteiger partial charge is 0.496 e. The number of hydrogen-bond acceptors (Lipinski definition) is 4. The molecule has 2 aliphatic rings. The van der Waals surface area contributed by atoms with Crippen molar-refractivity contribution in [2.45, 2.75) is 64.7 Å². The van der Waals surface area contributed by atoms with Crippen LogP contribution in [0.25, 0.3) is 11.5 Å². The van der Waals surface area contributed by atoms with Crippen molar-refractivity contribution < 1.29 is 18.7 Å². The Bertz CT molecular complexity index is 1250. The van der Waals surface area contributed by atoms with E-state index >= 15 is 0 Å². The third kappa shape index (κ3) is 4.10. The molecule has 0 saturated heterocycles. The molecule has 1 aliphatic carbocycles. The molecule has 7 heteroatoms. The quantitative estimate of drug-likeness (QED) is 0.522. The van der Waals surface area contributed by atoms with Crippen LogP contribution in [-0.2, 0) is 17.9 Å². The Morgan fingerprint density at radius 2 is 1.89 bits per heavy atom. The molecule has 5 rings (SSSR count). The maximum absolute atomic E-state index is 14.1. The standard InChI is InChI=1S/C29H35N3O4/c1-19-9-7-11-22(20(19)2)30-28(34)29(3)18-31-23(26-13-8-16-36-26)14-15-24(31)27(33)32(29)17-21-10-5-6-12-25(21)35-4/h5-6,8,10,12-16,19-20,22H,7,9,11,17-18H2,1-4H3,(H,30,34). The summed E-state index contributed by atoms with van der Waals surface area (Å²) in [4.78, 5) is 29.8. The Labute approximate surface area is 212 Å². The normalized spacial score (nSPS) is 25.9. The molecule has 1 aliphatic heterocycles. The van der Waals surface area contributed by atoms with Crippen LogP contribution >= 0.6 is 0 Å². The molecule has 0 spiro atoms. The third-order valence-electron chi connectivity index (χ3n) is 8.31. The van der Waals surface area contributed by atoms with Gasteiger partial charge in [0.05, 0.1) is 32.2 Å². The van der Waals surface area contributed by atoms with Crippen LogP contribution in [0.3, 0.4) is 0 Å². The van der Waals surface area contributed by atoms with Crippen molar-refractivity contribution in [3.05, 3.63) is 66.1 Å². The van der Waals surface area contributed by atoms with Gasteiger partial charge in [-0.05, 0) is 55.5 Å². The van der Waals surface area contributed by atoms with Crippen molar-refractivity contribution in [1.82, 2.24) is 14.8 Å². The van der Waals surface area contributed by atoms with E-state index in [0.29, 0.717) is 35.6 Å². The molecule has 1 N–H and O–H groups in total. The highest BCUT2D eigenvalue weighted by atomic mass is 16.5. The molecule has 0 radical (unpaired) electrons. The summed E-state index contributed by atoms with van der Waals surface area (Å²) in [6.45, 7) is 6.94. The number of benzene rings is 1. The summed E-state index contributed by atoms with van der Waals surface area (Å²) >= 11 is 0. The van der Waals surface area contributed by atoms with Crippen LogP contribution < -0.4 is 10.1 Å². The van der Waals surface area contributed by atoms with Gasteiger partial charge in [-0.1, -0.05) is 44.9 Å². The second kappa shape index (κ2) is 9.52. The van der Waals surface area contributed by atoms with Crippen LogP contribution in [-0.4, -0.2) is 40.0 Å². The van der Waals surface area contributed by atoms with Gasteiger partial charge in [0.1, 0.15) is 22.7 Å². The van der Waals surface area contributed by atoms with E-state index in [1.165, 1.54) is 6.42 Å². The van der Waals surface area contributed by atoms with Crippen molar-refractivity contribution in [2.24, 2.45) is 11.8 Å². The molecule has 1 aromatic carbocycles. The number of nitrogens with one attached hydrogen (secondary N) is 1. The predicted octanol–water partition coefficient (Wildman–Crippen LogP) is 5.11. The van der Waals surface area contributed by atoms with Gasteiger partial charge in [0.15, 0.2) is 0 Å². The molecule has 7 nitrogen and oxygen atoms in total. The number of carbonyl (C=O) groups excluding carboxylic acids is 2. The zero-order valence-corrected chi connectivity index (χ0v) is 21.5. The minimum Gasteiger partial charge on any atom is -0.496 e. The van der Waals surface area contributed by atoms with Crippen LogP contribution in [0, 0.1) is 11.8 Å². The molecular weight excluding hydrogens is 454 g/mol. The number of nitrogens with zero attached hydrogens (tertiary/aromatic N) is 2. The average molecular weight is 490 g/mol. The van der Waals surface area contributed by atoms with Gasteiger partial charge in [0, 0.05) is 11.6 Å². The Kier molecular flexibility index (Phi) is 6.41. The number of aromatic nitrogens is 1. The van der Waals surface area contributed by atoms with E-state index in [1.54, 1.807) is 18.3 Å². The van der Waals surface area contributed by atoms with E-state index < -0.39 is 5.54 Å². The summed E-state index contributed by atoms with van der Waals surface area (Å²) in [6.07, 6.45) is 4.86. The maximum Gasteiger partial charge on any atom is 0.271 e. The summed E-state index contributed by atoms with van der Waals surface area (Å²) in [5.41, 5.74) is 1.09. The lowest BCUT2D eigenvalue weighted by atomic mass is 9.77. The molecule has 190 valence electrons. The smallest absolute Gasteiger partial charge is 0.271 e. The van der Waals surface area contributed by atoms with Crippen molar-refractivity contribution in [1.29, 1.82) is 0 Å². The van der Waals surface area contributed by atoms with Crippen LogP contribution in [0.5, 0.6) is 5.75 Å². The summed E-state index contributed by atoms with van der Waals surface area (Å²) < 4.78 is 13.1. The monoisotopic (exact) mass is 489 g/mol. The van der Waals surface area contributed by atoms with Crippen LogP contribution in [0.1, 0.15) is 56.1 Å². The number of rotatable bonds is 6. The summed E-state index contributed by atoms with van der Waals surface area (Å²) in [5, 5.41) is 3.35. The fourth-order valence-corrected chi connectivity index (χ4v) is 5.77. The van der Waals surface area contributed by atoms with Crippen LogP contribution in [0.4, 0.5) is 0 Å². The van der Waals surface area contributed by atoms with Crippen molar-refractivity contribution in [2.75, 3.05) is 7.11 Å². The highest BCUT2D eigenvalue weighted by Gasteiger charge is 2.49. The van der Waals surface area contributed by atoms with Crippen molar-refractivity contribution in [3.63, 3.8) is 0 Å². The molecule has 2 amide bonds. The molecule has 1 saturated carbocycles. The topological polar surface area (TPSA) is 76.7 Å². The van der Waals surface area contributed by atoms with Gasteiger partial charge >= 0.3 is 0 Å². The van der Waals surface area contributed by atoms with Crippen molar-refractivity contribution >= 4 is 11.8 Å². The summed E-state index contributed by atoms with van der Waals surface area (Å²) in [5.74, 6) is 1.99. The second-order valence-corrected chi connectivity index (χ2v) is 10.5. The van der Waals surface area contributed by atoms with Gasteiger partial charge in [0.2, 0.25) is 5.91 Å². The highest BCUT2D eigenvalue weighted by molar-refractivity contribution is 6.00. The number of furan rings is 1. The van der Waals surface area contributed by atoms with E-state index in [9.17, 15) is 9.59 Å². The molecule has 1 fully saturated rings. The molecule has 3 aromatic rings. The molecule has 4 atom stereocenters. The first-order valence-corrected chi connectivity index (χ1v) is 12.8. The molecule has 3 heterocycles. The number of hydrogen-bond donors (Lipinski definition) is 1. The second-order valence-electron chi connectivity index (χ2n) is 10.5. The van der Waals surface area contributed by atoms with Crippen LogP contribution in [0.2, 0.25) is 0 Å². The van der Waals surface area contributed by atoms with E-state index in [-0.39, 0.29) is 24.4 Å². The van der Waals surface area contributed by atoms with Gasteiger partial charge in [-0.3, -0.25) is 9.59 Å². The first kappa shape index (κ1) is 24.2. The van der Waals surface area contributed by atoms with E-state index in [4.69, 9.17) is 9.15 Å². The molecule has 2 aromatic heterocycles. The van der Waals surface area contributed by atoms with Gasteiger partial charge < -0.3 is 23.9 Å². The number of fused-ring (bicyclic) bond motifs is 1. The van der Waals surface area contributed by atoms with E-state index in [0.717, 1.165) is 24.1 Å². The third-order valence-corrected chi connectivity index (χ3v) is 8.31. The molecule has 4 unspecified atom stereocenters. The Morgan fingerprint density at radius 1 is 1.11 bits per heavy atom. The van der Waals surface area contributed by atoms with Crippen molar-refractivity contribution in [3.8, 4) is 17.2 Å². The Morgan fingerprint density at radius 3 is 2.64 bits per heavy atom. The average Bonchev–Trinajstić information content (AvgIpc) is 3.55. The first-order valence-electron chi connectivity index (χ1n) is 12.8. The lowest BCUT2D eigenvalue weighted by Gasteiger charge is -2.46. The maximum atomic E-state index is 14.1. The van der Waals surface area contributed by atoms with E-state index in [1.807, 2.05) is 60.0 Å². The minimum absolute atomic E-state index is 0.0943. The number of methoxy groups -OCH3 is 1. The molecular formula is C29H35N3O4. The van der Waals surface area contributed by atoms with Crippen LogP contribution in [0.15, 0.2) is 59.2 Å². The lowest BCUT2D eigenvalue weighted by molar-refractivity contribution is -0.134. The fraction of sp³-hybridized carbons (Fsp3) is 0.448. The number of carbonyl (C=O) groups is 2. The minimum atomic E-state index is -1.11. The number of ether oxygens (including phenoxy) is 1. The number of amides is 2. The first-order chi connectivity index (χ1) is 17.3. The van der Waals surface area contributed by atoms with E-state index in [2.05, 4.69) is 19.2 Å². The van der Waals surface area contributed by atoms with Gasteiger partial charge in [0.25, 0.3) is 5.91 Å². The SMILES string of the molecule is COc1ccccc1CN1C(=O)c2ccc(-c3ccco3)n2CC1(C)C(=O)NC1CCCC(C)C1C. The molecule has 0 bridgehead atoms. The zero-order chi connectivity index (χ0) is 25.4. The fourth-order valence-electron chi connectivity index (χ4n) is 5.77. The van der Waals surface area contributed by atoms with Gasteiger partial charge in [-0.2, -0.15) is 0 Å². The van der Waals surface area contributed by atoms with Gasteiger partial charge in [-0.25, -0.2) is 0 Å².